The fraction of sp³-hybridized carbons (Fsp3) is 0.714. The number of aryl methyl sites for hydroxylation is 2. The zero-order valence-corrected chi connectivity index (χ0v) is 14.2. The Bertz CT molecular complexity index is 487. The van der Waals surface area contributed by atoms with Gasteiger partial charge in [0.25, 0.3) is 5.91 Å². The van der Waals surface area contributed by atoms with Gasteiger partial charge in [-0.05, 0) is 25.2 Å². The second-order valence-electron chi connectivity index (χ2n) is 5.99. The number of aromatic nitrogens is 1. The predicted molar refractivity (Wildman–Crippen MR) is 85.8 cm³/mol. The molecule has 0 spiro atoms. The minimum absolute atomic E-state index is 0. The molecular weight excluding hydrogens is 294 g/mol. The summed E-state index contributed by atoms with van der Waals surface area (Å²) in [6.07, 6.45) is 1.76. The Kier molecular flexibility index (Phi) is 5.58. The third-order valence-corrected chi connectivity index (χ3v) is 5.23. The van der Waals surface area contributed by atoms with Gasteiger partial charge >= 0.3 is 0 Å². The molecule has 1 amide bonds. The first kappa shape index (κ1) is 17.4. The van der Waals surface area contributed by atoms with Crippen LogP contribution < -0.4 is 5.73 Å². The van der Waals surface area contributed by atoms with E-state index in [1.807, 2.05) is 11.8 Å². The van der Waals surface area contributed by atoms with Crippen LogP contribution >= 0.6 is 23.7 Å². The number of nitrogens with two attached hydrogens (primary N) is 1. The first-order valence-electron chi connectivity index (χ1n) is 6.86. The molecule has 0 saturated carbocycles. The van der Waals surface area contributed by atoms with E-state index in [0.717, 1.165) is 41.5 Å². The highest BCUT2D eigenvalue weighted by molar-refractivity contribution is 7.13. The molecular formula is C14H24ClN3OS. The molecule has 0 bridgehead atoms. The standard InChI is InChI=1S/C14H23N3OS.ClH/c1-5-11-16-9(2)12(19-11)13(18)17-7-6-10(15)14(3,4)8-17;/h10H,5-8,15H2,1-4H3;1H. The van der Waals surface area contributed by atoms with Crippen LogP contribution in [0.2, 0.25) is 0 Å². The molecule has 2 heterocycles. The van der Waals surface area contributed by atoms with Crippen LogP contribution in [0.25, 0.3) is 0 Å². The van der Waals surface area contributed by atoms with Crippen molar-refractivity contribution >= 4 is 29.7 Å². The number of hydrogen-bond donors (Lipinski definition) is 1. The summed E-state index contributed by atoms with van der Waals surface area (Å²) in [6.45, 7) is 9.73. The lowest BCUT2D eigenvalue weighted by Gasteiger charge is -2.42. The molecule has 1 saturated heterocycles. The van der Waals surface area contributed by atoms with Gasteiger partial charge in [-0.3, -0.25) is 4.79 Å². The number of rotatable bonds is 2. The number of piperidine rings is 1. The number of halogens is 1. The Balaban J connectivity index is 0.00000200. The van der Waals surface area contributed by atoms with Crippen LogP contribution in [0.5, 0.6) is 0 Å². The summed E-state index contributed by atoms with van der Waals surface area (Å²) >= 11 is 1.53. The van der Waals surface area contributed by atoms with Gasteiger partial charge in [0, 0.05) is 19.1 Å². The van der Waals surface area contributed by atoms with Crippen LogP contribution in [-0.4, -0.2) is 34.9 Å². The molecule has 6 heteroatoms. The lowest BCUT2D eigenvalue weighted by atomic mass is 9.79. The lowest BCUT2D eigenvalue weighted by molar-refractivity contribution is 0.0536. The monoisotopic (exact) mass is 317 g/mol. The first-order valence-corrected chi connectivity index (χ1v) is 7.68. The number of amides is 1. The molecule has 4 nitrogen and oxygen atoms in total. The molecule has 2 rings (SSSR count). The van der Waals surface area contributed by atoms with E-state index in [1.165, 1.54) is 11.3 Å². The molecule has 1 aliphatic rings. The van der Waals surface area contributed by atoms with Crippen molar-refractivity contribution in [3.8, 4) is 0 Å². The van der Waals surface area contributed by atoms with Crippen LogP contribution in [0.15, 0.2) is 0 Å². The van der Waals surface area contributed by atoms with Gasteiger partial charge < -0.3 is 10.6 Å². The number of carbonyl (C=O) groups excluding carboxylic acids is 1. The molecule has 20 heavy (non-hydrogen) atoms. The normalized spacial score (nSPS) is 21.4. The fourth-order valence-corrected chi connectivity index (χ4v) is 3.47. The Morgan fingerprint density at radius 2 is 2.20 bits per heavy atom. The smallest absolute Gasteiger partial charge is 0.265 e. The van der Waals surface area contributed by atoms with Gasteiger partial charge in [0.15, 0.2) is 0 Å². The largest absolute Gasteiger partial charge is 0.337 e. The summed E-state index contributed by atoms with van der Waals surface area (Å²) in [4.78, 5) is 19.8. The van der Waals surface area contributed by atoms with Gasteiger partial charge in [-0.1, -0.05) is 20.8 Å². The Morgan fingerprint density at radius 1 is 1.55 bits per heavy atom. The summed E-state index contributed by atoms with van der Waals surface area (Å²) in [7, 11) is 0. The van der Waals surface area contributed by atoms with E-state index in [9.17, 15) is 4.79 Å². The second kappa shape index (κ2) is 6.41. The van der Waals surface area contributed by atoms with Gasteiger partial charge in [-0.15, -0.1) is 23.7 Å². The highest BCUT2D eigenvalue weighted by Crippen LogP contribution is 2.30. The van der Waals surface area contributed by atoms with Crippen molar-refractivity contribution in [2.45, 2.75) is 46.6 Å². The minimum Gasteiger partial charge on any atom is -0.337 e. The van der Waals surface area contributed by atoms with Crippen molar-refractivity contribution in [3.63, 3.8) is 0 Å². The van der Waals surface area contributed by atoms with Gasteiger partial charge in [-0.2, -0.15) is 0 Å². The highest BCUT2D eigenvalue weighted by Gasteiger charge is 2.36. The van der Waals surface area contributed by atoms with Crippen molar-refractivity contribution in [3.05, 3.63) is 15.6 Å². The van der Waals surface area contributed by atoms with Gasteiger partial charge in [-0.25, -0.2) is 4.98 Å². The number of likely N-dealkylation sites (tertiary alicyclic amines) is 1. The quantitative estimate of drug-likeness (QED) is 0.912. The molecule has 0 aromatic carbocycles. The van der Waals surface area contributed by atoms with E-state index in [2.05, 4.69) is 25.8 Å². The molecule has 1 unspecified atom stereocenters. The first-order chi connectivity index (χ1) is 8.85. The van der Waals surface area contributed by atoms with Crippen LogP contribution in [0, 0.1) is 12.3 Å². The van der Waals surface area contributed by atoms with Crippen LogP contribution in [-0.2, 0) is 6.42 Å². The molecule has 2 N–H and O–H groups in total. The molecule has 1 aromatic heterocycles. The second-order valence-corrected chi connectivity index (χ2v) is 7.07. The zero-order valence-electron chi connectivity index (χ0n) is 12.6. The summed E-state index contributed by atoms with van der Waals surface area (Å²) in [5.41, 5.74) is 6.97. The van der Waals surface area contributed by atoms with Crippen molar-refractivity contribution in [2.24, 2.45) is 11.1 Å². The van der Waals surface area contributed by atoms with Crippen molar-refractivity contribution < 1.29 is 4.79 Å². The van der Waals surface area contributed by atoms with Crippen LogP contribution in [0.3, 0.4) is 0 Å². The number of hydrogen-bond acceptors (Lipinski definition) is 4. The molecule has 114 valence electrons. The maximum absolute atomic E-state index is 12.6. The maximum Gasteiger partial charge on any atom is 0.265 e. The molecule has 1 fully saturated rings. The van der Waals surface area contributed by atoms with Gasteiger partial charge in [0.1, 0.15) is 4.88 Å². The van der Waals surface area contributed by atoms with Crippen LogP contribution in [0.1, 0.15) is 47.6 Å². The van der Waals surface area contributed by atoms with E-state index in [0.29, 0.717) is 0 Å². The van der Waals surface area contributed by atoms with E-state index >= 15 is 0 Å². The number of nitrogens with zero attached hydrogens (tertiary/aromatic N) is 2. The summed E-state index contributed by atoms with van der Waals surface area (Å²) in [6, 6.07) is 0.172. The van der Waals surface area contributed by atoms with E-state index in [4.69, 9.17) is 5.73 Å². The molecule has 0 radical (unpaired) electrons. The van der Waals surface area contributed by atoms with E-state index in [1.54, 1.807) is 0 Å². The summed E-state index contributed by atoms with van der Waals surface area (Å²) in [5.74, 6) is 0.120. The average Bonchev–Trinajstić information content (AvgIpc) is 2.73. The number of carbonyl (C=O) groups is 1. The predicted octanol–water partition coefficient (Wildman–Crippen LogP) is 2.64. The highest BCUT2D eigenvalue weighted by atomic mass is 35.5. The van der Waals surface area contributed by atoms with E-state index < -0.39 is 0 Å². The summed E-state index contributed by atoms with van der Waals surface area (Å²) in [5, 5.41) is 1.04. The van der Waals surface area contributed by atoms with Crippen molar-refractivity contribution in [2.75, 3.05) is 13.1 Å². The Hall–Kier alpha value is -0.650. The van der Waals surface area contributed by atoms with Gasteiger partial charge in [0.05, 0.1) is 10.7 Å². The fourth-order valence-electron chi connectivity index (χ4n) is 2.49. The van der Waals surface area contributed by atoms with E-state index in [-0.39, 0.29) is 29.8 Å². The Morgan fingerprint density at radius 3 is 2.70 bits per heavy atom. The van der Waals surface area contributed by atoms with Crippen LogP contribution in [0.4, 0.5) is 0 Å². The SMILES string of the molecule is CCc1nc(C)c(C(=O)N2CCC(N)C(C)(C)C2)s1.Cl. The lowest BCUT2D eigenvalue weighted by Crippen LogP contribution is -2.53. The maximum atomic E-state index is 12.6. The molecule has 1 aliphatic heterocycles. The average molecular weight is 318 g/mol. The number of thiazole rings is 1. The zero-order chi connectivity index (χ0) is 14.2. The third kappa shape index (κ3) is 3.32. The molecule has 1 aromatic rings. The van der Waals surface area contributed by atoms with Crippen molar-refractivity contribution in [1.29, 1.82) is 0 Å². The van der Waals surface area contributed by atoms with Gasteiger partial charge in [0.2, 0.25) is 0 Å². The third-order valence-electron chi connectivity index (χ3n) is 3.94. The molecule has 0 aliphatic carbocycles. The summed E-state index contributed by atoms with van der Waals surface area (Å²) < 4.78 is 0. The topological polar surface area (TPSA) is 59.2 Å². The molecule has 1 atom stereocenters. The minimum atomic E-state index is -0.0138. The Labute approximate surface area is 131 Å². The van der Waals surface area contributed by atoms with Crippen molar-refractivity contribution in [1.82, 2.24) is 9.88 Å².